The molecule has 3 N–H and O–H groups in total. The SMILES string of the molecule is O=C(Nc1ccc(F)cc1F)Nc1cc(C2(C(=O)O)CCCC2)ccc1N(CCC(F)(F)F)Cc1ccc(OC(F)(F)F)cc1. The number of hydrogen-bond acceptors (Lipinski definition) is 4. The summed E-state index contributed by atoms with van der Waals surface area (Å²) >= 11 is 0. The van der Waals surface area contributed by atoms with Crippen molar-refractivity contribution in [3.8, 4) is 5.75 Å². The molecule has 4 rings (SSSR count). The average Bonchev–Trinajstić information content (AvgIpc) is 3.44. The number of nitrogens with zero attached hydrogens (tertiary/aromatic N) is 1. The van der Waals surface area contributed by atoms with Crippen LogP contribution < -0.4 is 20.3 Å². The lowest BCUT2D eigenvalue weighted by atomic mass is 9.78. The topological polar surface area (TPSA) is 90.9 Å². The standard InChI is InChI=1S/C30H27F8N3O4/c31-20-6-9-23(22(32)16-20)39-27(44)40-24-15-19(28(26(42)43)11-1-2-12-28)5-10-25(24)41(14-13-29(33,34)35)17-18-3-7-21(8-4-18)45-30(36,37)38/h3-10,15-16H,1-2,11-14,17H2,(H,42,43)(H2,39,40,44). The summed E-state index contributed by atoms with van der Waals surface area (Å²) in [6.45, 7) is -0.925. The molecule has 3 aromatic carbocycles. The van der Waals surface area contributed by atoms with Gasteiger partial charge in [-0.1, -0.05) is 31.0 Å². The number of anilines is 3. The minimum atomic E-state index is -4.95. The Bertz CT molecular complexity index is 1520. The van der Waals surface area contributed by atoms with Crippen molar-refractivity contribution < 1.29 is 54.6 Å². The van der Waals surface area contributed by atoms with Crippen LogP contribution in [0.4, 0.5) is 57.0 Å². The number of nitrogens with one attached hydrogen (secondary N) is 2. The summed E-state index contributed by atoms with van der Waals surface area (Å²) in [5.74, 6) is -3.66. The van der Waals surface area contributed by atoms with Crippen molar-refractivity contribution in [2.45, 2.75) is 56.6 Å². The maximum atomic E-state index is 14.2. The van der Waals surface area contributed by atoms with Crippen molar-refractivity contribution >= 4 is 29.1 Å². The molecule has 1 fully saturated rings. The van der Waals surface area contributed by atoms with Crippen molar-refractivity contribution in [1.29, 1.82) is 0 Å². The largest absolute Gasteiger partial charge is 0.573 e. The van der Waals surface area contributed by atoms with Crippen LogP contribution in [0.1, 0.15) is 43.2 Å². The minimum Gasteiger partial charge on any atom is -0.481 e. The van der Waals surface area contributed by atoms with Crippen LogP contribution >= 0.6 is 0 Å². The summed E-state index contributed by atoms with van der Waals surface area (Å²) in [6.07, 6.45) is -9.11. The molecule has 1 saturated carbocycles. The fraction of sp³-hybridized carbons (Fsp3) is 0.333. The maximum absolute atomic E-state index is 14.2. The highest BCUT2D eigenvalue weighted by molar-refractivity contribution is 6.02. The summed E-state index contributed by atoms with van der Waals surface area (Å²) < 4.78 is 109. The van der Waals surface area contributed by atoms with Gasteiger partial charge in [0.05, 0.1) is 28.9 Å². The predicted molar refractivity (Wildman–Crippen MR) is 148 cm³/mol. The number of hydrogen-bond donors (Lipinski definition) is 3. The van der Waals surface area contributed by atoms with Gasteiger partial charge in [-0.15, -0.1) is 13.2 Å². The Morgan fingerprint density at radius 1 is 0.867 bits per heavy atom. The third kappa shape index (κ3) is 8.76. The highest BCUT2D eigenvalue weighted by Crippen LogP contribution is 2.44. The number of rotatable bonds is 10. The number of carboxylic acids is 1. The lowest BCUT2D eigenvalue weighted by Crippen LogP contribution is -2.33. The van der Waals surface area contributed by atoms with E-state index >= 15 is 0 Å². The number of carboxylic acid groups (broad SMARTS) is 1. The zero-order chi connectivity index (χ0) is 33.0. The van der Waals surface area contributed by atoms with Crippen LogP contribution in [0.2, 0.25) is 0 Å². The first-order chi connectivity index (χ1) is 21.0. The molecule has 15 heteroatoms. The van der Waals surface area contributed by atoms with Crippen molar-refractivity contribution in [2.24, 2.45) is 0 Å². The van der Waals surface area contributed by atoms with Gasteiger partial charge in [0.1, 0.15) is 17.4 Å². The molecule has 7 nitrogen and oxygen atoms in total. The highest BCUT2D eigenvalue weighted by atomic mass is 19.4. The van der Waals surface area contributed by atoms with Gasteiger partial charge in [-0.3, -0.25) is 4.79 Å². The number of carbonyl (C=O) groups excluding carboxylic acids is 1. The van der Waals surface area contributed by atoms with Gasteiger partial charge in [0.25, 0.3) is 0 Å². The molecule has 0 unspecified atom stereocenters. The van der Waals surface area contributed by atoms with E-state index in [1.807, 2.05) is 0 Å². The van der Waals surface area contributed by atoms with Crippen molar-refractivity contribution in [2.75, 3.05) is 22.1 Å². The number of urea groups is 1. The van der Waals surface area contributed by atoms with E-state index < -0.39 is 66.0 Å². The van der Waals surface area contributed by atoms with E-state index in [-0.39, 0.29) is 41.9 Å². The van der Waals surface area contributed by atoms with Gasteiger partial charge in [0, 0.05) is 19.2 Å². The smallest absolute Gasteiger partial charge is 0.481 e. The Hall–Kier alpha value is -4.56. The summed E-state index contributed by atoms with van der Waals surface area (Å²) in [5.41, 5.74) is -1.24. The van der Waals surface area contributed by atoms with Crippen molar-refractivity contribution in [1.82, 2.24) is 0 Å². The minimum absolute atomic E-state index is 0.0203. The van der Waals surface area contributed by atoms with Crippen molar-refractivity contribution in [3.63, 3.8) is 0 Å². The fourth-order valence-corrected chi connectivity index (χ4v) is 5.24. The average molecular weight is 646 g/mol. The first-order valence-corrected chi connectivity index (χ1v) is 13.6. The molecule has 0 aromatic heterocycles. The summed E-state index contributed by atoms with van der Waals surface area (Å²) in [4.78, 5) is 26.5. The second-order valence-electron chi connectivity index (χ2n) is 10.5. The predicted octanol–water partition coefficient (Wildman–Crippen LogP) is 8.36. The van der Waals surface area contributed by atoms with E-state index in [2.05, 4.69) is 15.4 Å². The second-order valence-corrected chi connectivity index (χ2v) is 10.5. The van der Waals surface area contributed by atoms with Crippen LogP contribution in [0.15, 0.2) is 60.7 Å². The van der Waals surface area contributed by atoms with E-state index in [4.69, 9.17) is 0 Å². The molecule has 1 aliphatic carbocycles. The number of aliphatic carboxylic acids is 1. The first kappa shape index (κ1) is 33.3. The van der Waals surface area contributed by atoms with E-state index in [1.54, 1.807) is 0 Å². The Balaban J connectivity index is 1.73. The zero-order valence-electron chi connectivity index (χ0n) is 23.4. The molecule has 45 heavy (non-hydrogen) atoms. The van der Waals surface area contributed by atoms with E-state index in [0.29, 0.717) is 18.9 Å². The zero-order valence-corrected chi connectivity index (χ0v) is 23.4. The third-order valence-electron chi connectivity index (χ3n) is 7.38. The number of ether oxygens (including phenoxy) is 1. The Labute approximate surface area is 251 Å². The van der Waals surface area contributed by atoms with Crippen LogP contribution in [-0.2, 0) is 16.8 Å². The molecular weight excluding hydrogens is 618 g/mol. The molecule has 0 atom stereocenters. The lowest BCUT2D eigenvalue weighted by molar-refractivity contribution is -0.274. The van der Waals surface area contributed by atoms with E-state index in [1.165, 1.54) is 35.2 Å². The molecule has 0 saturated heterocycles. The fourth-order valence-electron chi connectivity index (χ4n) is 5.24. The maximum Gasteiger partial charge on any atom is 0.573 e. The van der Waals surface area contributed by atoms with Crippen LogP contribution in [-0.4, -0.2) is 36.2 Å². The molecule has 0 aliphatic heterocycles. The normalized spacial score (nSPS) is 14.6. The van der Waals surface area contributed by atoms with Crippen molar-refractivity contribution in [3.05, 3.63) is 83.4 Å². The number of carbonyl (C=O) groups is 2. The first-order valence-electron chi connectivity index (χ1n) is 13.6. The third-order valence-corrected chi connectivity index (χ3v) is 7.38. The van der Waals surface area contributed by atoms with Gasteiger partial charge in [-0.25, -0.2) is 13.6 Å². The molecular formula is C30H27F8N3O4. The molecule has 0 heterocycles. The van der Waals surface area contributed by atoms with Crippen LogP contribution in [0.3, 0.4) is 0 Å². The summed E-state index contributed by atoms with van der Waals surface area (Å²) in [6, 6.07) is 9.89. The van der Waals surface area contributed by atoms with Crippen LogP contribution in [0.5, 0.6) is 5.75 Å². The summed E-state index contributed by atoms with van der Waals surface area (Å²) in [5, 5.41) is 14.7. The quantitative estimate of drug-likeness (QED) is 0.193. The monoisotopic (exact) mass is 645 g/mol. The lowest BCUT2D eigenvalue weighted by Gasteiger charge is -2.30. The molecule has 2 amide bonds. The van der Waals surface area contributed by atoms with Gasteiger partial charge in [0.15, 0.2) is 0 Å². The Morgan fingerprint density at radius 3 is 2.09 bits per heavy atom. The Morgan fingerprint density at radius 2 is 1.51 bits per heavy atom. The second kappa shape index (κ2) is 13.2. The number of alkyl halides is 6. The Kier molecular flexibility index (Phi) is 9.78. The van der Waals surface area contributed by atoms with Gasteiger partial charge in [-0.2, -0.15) is 13.2 Å². The molecule has 0 spiro atoms. The molecule has 242 valence electrons. The highest BCUT2D eigenvalue weighted by Gasteiger charge is 2.43. The van der Waals surface area contributed by atoms with Crippen LogP contribution in [0.25, 0.3) is 0 Å². The van der Waals surface area contributed by atoms with Gasteiger partial charge < -0.3 is 25.4 Å². The molecule has 1 aliphatic rings. The molecule has 0 bridgehead atoms. The van der Waals surface area contributed by atoms with Gasteiger partial charge in [0.2, 0.25) is 0 Å². The number of halogens is 8. The van der Waals surface area contributed by atoms with E-state index in [0.717, 1.165) is 24.3 Å². The van der Waals surface area contributed by atoms with Gasteiger partial charge >= 0.3 is 24.5 Å². The van der Waals surface area contributed by atoms with Gasteiger partial charge in [-0.05, 0) is 60.4 Å². The summed E-state index contributed by atoms with van der Waals surface area (Å²) in [7, 11) is 0. The number of amides is 2. The molecule has 0 radical (unpaired) electrons. The molecule has 3 aromatic rings. The van der Waals surface area contributed by atoms with E-state index in [9.17, 15) is 49.8 Å². The number of benzene rings is 3. The van der Waals surface area contributed by atoms with Crippen LogP contribution in [0, 0.1) is 11.6 Å².